The van der Waals surface area contributed by atoms with Crippen molar-refractivity contribution in [3.8, 4) is 0 Å². The highest BCUT2D eigenvalue weighted by molar-refractivity contribution is 7.09. The number of nitrogens with one attached hydrogen (secondary N) is 1. The fourth-order valence-corrected chi connectivity index (χ4v) is 2.82. The van der Waals surface area contributed by atoms with Crippen molar-refractivity contribution in [2.75, 3.05) is 6.54 Å². The summed E-state index contributed by atoms with van der Waals surface area (Å²) in [4.78, 5) is 15.2. The van der Waals surface area contributed by atoms with Gasteiger partial charge in [0, 0.05) is 23.4 Å². The van der Waals surface area contributed by atoms with Crippen LogP contribution in [0.25, 0.3) is 0 Å². The summed E-state index contributed by atoms with van der Waals surface area (Å²) in [6.07, 6.45) is 0.564. The third-order valence-corrected chi connectivity index (χ3v) is 3.85. The Hall–Kier alpha value is -1.79. The van der Waals surface area contributed by atoms with Gasteiger partial charge < -0.3 is 5.32 Å². The van der Waals surface area contributed by atoms with Crippen molar-refractivity contribution in [2.45, 2.75) is 26.3 Å². The van der Waals surface area contributed by atoms with Crippen molar-refractivity contribution in [3.63, 3.8) is 0 Å². The second-order valence-electron chi connectivity index (χ2n) is 4.49. The number of likely N-dealkylation sites (N-methyl/N-ethyl adjacent to an activating group) is 1. The molecule has 1 unspecified atom stereocenters. The van der Waals surface area contributed by atoms with E-state index in [1.165, 1.54) is 0 Å². The summed E-state index contributed by atoms with van der Waals surface area (Å²) in [5.41, 5.74) is 1.85. The SMILES string of the molecule is CCNC(Cc1ccccc1[N+](=O)[O-])c1csc(C)n1. The van der Waals surface area contributed by atoms with Crippen molar-refractivity contribution >= 4 is 17.0 Å². The van der Waals surface area contributed by atoms with Gasteiger partial charge in [-0.1, -0.05) is 25.1 Å². The molecule has 0 bridgehead atoms. The van der Waals surface area contributed by atoms with E-state index in [1.807, 2.05) is 31.4 Å². The molecule has 0 aliphatic rings. The zero-order valence-corrected chi connectivity index (χ0v) is 12.3. The molecule has 1 N–H and O–H groups in total. The molecule has 0 saturated heterocycles. The number of nitro groups is 1. The van der Waals surface area contributed by atoms with Crippen LogP contribution in [0.4, 0.5) is 5.69 Å². The fourth-order valence-electron chi connectivity index (χ4n) is 2.15. The molecule has 0 fully saturated rings. The Morgan fingerprint density at radius 1 is 1.45 bits per heavy atom. The molecule has 20 heavy (non-hydrogen) atoms. The summed E-state index contributed by atoms with van der Waals surface area (Å²) in [7, 11) is 0. The maximum atomic E-state index is 11.1. The van der Waals surface area contributed by atoms with E-state index in [0.717, 1.165) is 22.8 Å². The van der Waals surface area contributed by atoms with Crippen LogP contribution in [0.3, 0.4) is 0 Å². The molecule has 5 nitrogen and oxygen atoms in total. The highest BCUT2D eigenvalue weighted by Crippen LogP contribution is 2.25. The molecule has 106 valence electrons. The molecule has 0 aliphatic heterocycles. The maximum Gasteiger partial charge on any atom is 0.272 e. The van der Waals surface area contributed by atoms with Crippen LogP contribution in [0, 0.1) is 17.0 Å². The van der Waals surface area contributed by atoms with E-state index >= 15 is 0 Å². The number of rotatable bonds is 6. The Morgan fingerprint density at radius 3 is 2.80 bits per heavy atom. The molecule has 2 aromatic rings. The molecule has 0 saturated carbocycles. The number of thiazole rings is 1. The molecule has 0 spiro atoms. The second kappa shape index (κ2) is 6.58. The van der Waals surface area contributed by atoms with Gasteiger partial charge >= 0.3 is 0 Å². The highest BCUT2D eigenvalue weighted by Gasteiger charge is 2.19. The second-order valence-corrected chi connectivity index (χ2v) is 5.55. The van der Waals surface area contributed by atoms with Crippen LogP contribution in [-0.2, 0) is 6.42 Å². The first kappa shape index (κ1) is 14.6. The molecule has 1 aromatic carbocycles. The van der Waals surface area contributed by atoms with Crippen molar-refractivity contribution in [2.24, 2.45) is 0 Å². The predicted molar refractivity (Wildman–Crippen MR) is 80.1 cm³/mol. The lowest BCUT2D eigenvalue weighted by atomic mass is 10.0. The Balaban J connectivity index is 2.27. The van der Waals surface area contributed by atoms with Crippen molar-refractivity contribution in [1.29, 1.82) is 0 Å². The number of hydrogen-bond donors (Lipinski definition) is 1. The molecule has 1 heterocycles. The first-order chi connectivity index (χ1) is 9.61. The first-order valence-corrected chi connectivity index (χ1v) is 7.37. The van der Waals surface area contributed by atoms with Gasteiger partial charge in [-0.15, -0.1) is 11.3 Å². The van der Waals surface area contributed by atoms with Gasteiger partial charge in [0.25, 0.3) is 5.69 Å². The van der Waals surface area contributed by atoms with E-state index in [4.69, 9.17) is 0 Å². The zero-order chi connectivity index (χ0) is 14.5. The van der Waals surface area contributed by atoms with Gasteiger partial charge in [-0.3, -0.25) is 10.1 Å². The van der Waals surface area contributed by atoms with E-state index < -0.39 is 0 Å². The number of nitro benzene ring substituents is 1. The third-order valence-electron chi connectivity index (χ3n) is 3.06. The minimum Gasteiger partial charge on any atom is -0.309 e. The van der Waals surface area contributed by atoms with Crippen LogP contribution in [-0.4, -0.2) is 16.5 Å². The standard InChI is InChI=1S/C14H17N3O2S/c1-3-15-12(13-9-20-10(2)16-13)8-11-6-4-5-7-14(11)17(18)19/h4-7,9,12,15H,3,8H2,1-2H3. The number of aryl methyl sites for hydroxylation is 1. The molecule has 6 heteroatoms. The molecular weight excluding hydrogens is 274 g/mol. The van der Waals surface area contributed by atoms with Crippen LogP contribution in [0.5, 0.6) is 0 Å². The topological polar surface area (TPSA) is 68.1 Å². The molecule has 0 radical (unpaired) electrons. The van der Waals surface area contributed by atoms with Crippen LogP contribution in [0.2, 0.25) is 0 Å². The fraction of sp³-hybridized carbons (Fsp3) is 0.357. The van der Waals surface area contributed by atoms with E-state index in [1.54, 1.807) is 23.5 Å². The average Bonchev–Trinajstić information content (AvgIpc) is 2.85. The number of para-hydroxylation sites is 1. The van der Waals surface area contributed by atoms with Gasteiger partial charge in [-0.2, -0.15) is 0 Å². The Bertz CT molecular complexity index is 598. The lowest BCUT2D eigenvalue weighted by molar-refractivity contribution is -0.385. The van der Waals surface area contributed by atoms with Crippen LogP contribution in [0.15, 0.2) is 29.6 Å². The first-order valence-electron chi connectivity index (χ1n) is 6.49. The Labute approximate surface area is 121 Å². The summed E-state index contributed by atoms with van der Waals surface area (Å²) in [6, 6.07) is 6.88. The van der Waals surface area contributed by atoms with Gasteiger partial charge in [-0.05, 0) is 13.5 Å². The van der Waals surface area contributed by atoms with Crippen molar-refractivity contribution < 1.29 is 4.92 Å². The van der Waals surface area contributed by atoms with Crippen LogP contribution in [0.1, 0.15) is 29.2 Å². The number of benzene rings is 1. The van der Waals surface area contributed by atoms with Gasteiger partial charge in [0.15, 0.2) is 0 Å². The molecular formula is C14H17N3O2S. The van der Waals surface area contributed by atoms with E-state index in [2.05, 4.69) is 10.3 Å². The van der Waals surface area contributed by atoms with Gasteiger partial charge in [0.2, 0.25) is 0 Å². The molecule has 2 rings (SSSR count). The van der Waals surface area contributed by atoms with Gasteiger partial charge in [-0.25, -0.2) is 4.98 Å². The summed E-state index contributed by atoms with van der Waals surface area (Å²) < 4.78 is 0. The van der Waals surface area contributed by atoms with E-state index in [0.29, 0.717) is 6.42 Å². The average molecular weight is 291 g/mol. The molecule has 0 amide bonds. The molecule has 1 atom stereocenters. The predicted octanol–water partition coefficient (Wildman–Crippen LogP) is 3.25. The Kier molecular flexibility index (Phi) is 4.81. The zero-order valence-electron chi connectivity index (χ0n) is 11.5. The summed E-state index contributed by atoms with van der Waals surface area (Å²) in [5.74, 6) is 0. The smallest absolute Gasteiger partial charge is 0.272 e. The molecule has 0 aliphatic carbocycles. The third kappa shape index (κ3) is 3.40. The van der Waals surface area contributed by atoms with Gasteiger partial charge in [0.05, 0.1) is 21.7 Å². The Morgan fingerprint density at radius 2 is 2.20 bits per heavy atom. The molecule has 1 aromatic heterocycles. The van der Waals surface area contributed by atoms with E-state index in [-0.39, 0.29) is 16.7 Å². The minimum atomic E-state index is -0.329. The summed E-state index contributed by atoms with van der Waals surface area (Å²) >= 11 is 1.59. The minimum absolute atomic E-state index is 0.00560. The van der Waals surface area contributed by atoms with Gasteiger partial charge in [0.1, 0.15) is 0 Å². The van der Waals surface area contributed by atoms with E-state index in [9.17, 15) is 10.1 Å². The largest absolute Gasteiger partial charge is 0.309 e. The van der Waals surface area contributed by atoms with Crippen molar-refractivity contribution in [3.05, 3.63) is 56.0 Å². The maximum absolute atomic E-state index is 11.1. The van der Waals surface area contributed by atoms with Crippen molar-refractivity contribution in [1.82, 2.24) is 10.3 Å². The lowest BCUT2D eigenvalue weighted by Crippen LogP contribution is -2.23. The summed E-state index contributed by atoms with van der Waals surface area (Å²) in [5, 5.41) is 17.4. The lowest BCUT2D eigenvalue weighted by Gasteiger charge is -2.15. The van der Waals surface area contributed by atoms with Crippen LogP contribution < -0.4 is 5.32 Å². The highest BCUT2D eigenvalue weighted by atomic mass is 32.1. The number of aromatic nitrogens is 1. The quantitative estimate of drug-likeness (QED) is 0.655. The summed E-state index contributed by atoms with van der Waals surface area (Å²) in [6.45, 7) is 4.77. The van der Waals surface area contributed by atoms with Crippen LogP contribution >= 0.6 is 11.3 Å². The number of hydrogen-bond acceptors (Lipinski definition) is 5. The normalized spacial score (nSPS) is 12.3. The number of nitrogens with zero attached hydrogens (tertiary/aromatic N) is 2. The monoisotopic (exact) mass is 291 g/mol.